The second kappa shape index (κ2) is 10.3. The average molecular weight is 391 g/mol. The minimum Gasteiger partial charge on any atom is -0.469 e. The molecule has 4 rings (SSSR count). The molecule has 1 aromatic heterocycles. The Morgan fingerprint density at radius 2 is 2.07 bits per heavy atom. The Balaban J connectivity index is 1.33. The average Bonchev–Trinajstić information content (AvgIpc) is 3.44. The molecule has 4 heterocycles. The van der Waals surface area contributed by atoms with Gasteiger partial charge in [-0.3, -0.25) is 9.89 Å². The van der Waals surface area contributed by atoms with Gasteiger partial charge in [0, 0.05) is 51.8 Å². The fourth-order valence-corrected chi connectivity index (χ4v) is 4.33. The summed E-state index contributed by atoms with van der Waals surface area (Å²) in [6.07, 6.45) is 7.63. The van der Waals surface area contributed by atoms with Gasteiger partial charge >= 0.3 is 0 Å². The monoisotopic (exact) mass is 390 g/mol. The largest absolute Gasteiger partial charge is 0.469 e. The normalized spacial score (nSPS) is 27.3. The van der Waals surface area contributed by atoms with Gasteiger partial charge in [0.25, 0.3) is 0 Å². The maximum atomic E-state index is 5.88. The Morgan fingerprint density at radius 1 is 1.14 bits per heavy atom. The molecule has 3 saturated heterocycles. The lowest BCUT2D eigenvalue weighted by Crippen LogP contribution is -2.47. The summed E-state index contributed by atoms with van der Waals surface area (Å²) in [5.74, 6) is 2.03. The van der Waals surface area contributed by atoms with Crippen molar-refractivity contribution in [1.82, 2.24) is 15.1 Å². The third kappa shape index (κ3) is 5.49. The summed E-state index contributed by atoms with van der Waals surface area (Å²) in [6.45, 7) is 8.37. The van der Waals surface area contributed by atoms with Gasteiger partial charge in [-0.05, 0) is 37.8 Å². The quantitative estimate of drug-likeness (QED) is 0.590. The molecule has 0 radical (unpaired) electrons. The zero-order valence-electron chi connectivity index (χ0n) is 16.9. The van der Waals surface area contributed by atoms with Gasteiger partial charge in [0.15, 0.2) is 5.96 Å². The molecule has 7 nitrogen and oxygen atoms in total. The number of furan rings is 1. The summed E-state index contributed by atoms with van der Waals surface area (Å²) >= 11 is 0. The van der Waals surface area contributed by atoms with Gasteiger partial charge in [-0.25, -0.2) is 0 Å². The van der Waals surface area contributed by atoms with Crippen LogP contribution in [-0.4, -0.2) is 87.0 Å². The molecule has 1 aromatic rings. The summed E-state index contributed by atoms with van der Waals surface area (Å²) in [6, 6.07) is 4.57. The first kappa shape index (κ1) is 19.7. The lowest BCUT2D eigenvalue weighted by molar-refractivity contribution is 0.0192. The zero-order valence-corrected chi connectivity index (χ0v) is 16.9. The van der Waals surface area contributed by atoms with E-state index in [1.54, 1.807) is 6.26 Å². The smallest absolute Gasteiger partial charge is 0.194 e. The maximum absolute atomic E-state index is 5.88. The Kier molecular flexibility index (Phi) is 7.24. The van der Waals surface area contributed by atoms with Crippen molar-refractivity contribution in [3.05, 3.63) is 24.2 Å². The van der Waals surface area contributed by atoms with E-state index in [0.29, 0.717) is 6.04 Å². The number of ether oxygens (including phenoxy) is 2. The Morgan fingerprint density at radius 3 is 2.86 bits per heavy atom. The van der Waals surface area contributed by atoms with Crippen molar-refractivity contribution in [2.45, 2.75) is 44.2 Å². The predicted octanol–water partition coefficient (Wildman–Crippen LogP) is 1.74. The molecule has 0 saturated carbocycles. The van der Waals surface area contributed by atoms with Crippen molar-refractivity contribution in [2.24, 2.45) is 4.99 Å². The SMILES string of the molecule is c1coc(CCNC(=NCC2CCCCO2)N2CCC(N3CCOCC3)C2)c1. The minimum absolute atomic E-state index is 0.272. The van der Waals surface area contributed by atoms with Crippen LogP contribution in [0.1, 0.15) is 31.4 Å². The molecule has 3 aliphatic heterocycles. The van der Waals surface area contributed by atoms with Crippen LogP contribution in [0.15, 0.2) is 27.8 Å². The van der Waals surface area contributed by atoms with Gasteiger partial charge in [0.05, 0.1) is 32.1 Å². The van der Waals surface area contributed by atoms with E-state index in [2.05, 4.69) is 15.1 Å². The van der Waals surface area contributed by atoms with Gasteiger partial charge in [0.2, 0.25) is 0 Å². The highest BCUT2D eigenvalue weighted by Gasteiger charge is 2.30. The van der Waals surface area contributed by atoms with Crippen LogP contribution in [0.5, 0.6) is 0 Å². The number of morpholine rings is 1. The van der Waals surface area contributed by atoms with Gasteiger partial charge in [-0.2, -0.15) is 0 Å². The van der Waals surface area contributed by atoms with E-state index in [1.807, 2.05) is 12.1 Å². The third-order valence-corrected chi connectivity index (χ3v) is 5.98. The molecule has 2 atom stereocenters. The fraction of sp³-hybridized carbons (Fsp3) is 0.762. The van der Waals surface area contributed by atoms with Gasteiger partial charge in [-0.1, -0.05) is 0 Å². The molecule has 0 spiro atoms. The lowest BCUT2D eigenvalue weighted by Gasteiger charge is -2.32. The van der Waals surface area contributed by atoms with Crippen LogP contribution in [0.25, 0.3) is 0 Å². The molecule has 0 amide bonds. The zero-order chi connectivity index (χ0) is 19.0. The number of rotatable bonds is 6. The van der Waals surface area contributed by atoms with Crippen molar-refractivity contribution >= 4 is 5.96 Å². The Bertz CT molecular complexity index is 595. The molecule has 3 aliphatic rings. The Hall–Kier alpha value is -1.57. The van der Waals surface area contributed by atoms with E-state index in [1.165, 1.54) is 19.3 Å². The molecular formula is C21H34N4O3. The first-order chi connectivity index (χ1) is 13.9. The number of likely N-dealkylation sites (tertiary alicyclic amines) is 1. The highest BCUT2D eigenvalue weighted by molar-refractivity contribution is 5.80. The van der Waals surface area contributed by atoms with Crippen LogP contribution in [0.4, 0.5) is 0 Å². The fourth-order valence-electron chi connectivity index (χ4n) is 4.33. The summed E-state index contributed by atoms with van der Waals surface area (Å²) < 4.78 is 16.9. The molecule has 156 valence electrons. The number of aliphatic imine (C=N–C) groups is 1. The molecule has 1 N–H and O–H groups in total. The second-order valence-electron chi connectivity index (χ2n) is 7.95. The van der Waals surface area contributed by atoms with E-state index >= 15 is 0 Å². The molecule has 28 heavy (non-hydrogen) atoms. The van der Waals surface area contributed by atoms with Crippen molar-refractivity contribution in [3.63, 3.8) is 0 Å². The third-order valence-electron chi connectivity index (χ3n) is 5.98. The minimum atomic E-state index is 0.272. The summed E-state index contributed by atoms with van der Waals surface area (Å²) in [5.41, 5.74) is 0. The van der Waals surface area contributed by atoms with Gasteiger partial charge in [0.1, 0.15) is 5.76 Å². The van der Waals surface area contributed by atoms with Crippen LogP contribution in [0, 0.1) is 0 Å². The van der Waals surface area contributed by atoms with Crippen LogP contribution in [-0.2, 0) is 15.9 Å². The van der Waals surface area contributed by atoms with Crippen molar-refractivity contribution in [1.29, 1.82) is 0 Å². The van der Waals surface area contributed by atoms with E-state index in [0.717, 1.165) is 83.7 Å². The number of hydrogen-bond acceptors (Lipinski definition) is 5. The molecule has 0 aromatic carbocycles. The molecule has 0 bridgehead atoms. The molecular weight excluding hydrogens is 356 g/mol. The van der Waals surface area contributed by atoms with E-state index in [4.69, 9.17) is 18.9 Å². The lowest BCUT2D eigenvalue weighted by atomic mass is 10.1. The van der Waals surface area contributed by atoms with E-state index < -0.39 is 0 Å². The van der Waals surface area contributed by atoms with Crippen LogP contribution in [0.3, 0.4) is 0 Å². The predicted molar refractivity (Wildman–Crippen MR) is 109 cm³/mol. The second-order valence-corrected chi connectivity index (χ2v) is 7.95. The number of guanidine groups is 1. The standard InChI is InChI=1S/C21H34N4O3/c1-2-12-28-20(4-1)16-23-21(22-8-6-19-5-3-13-27-19)25-9-7-18(17-25)24-10-14-26-15-11-24/h3,5,13,18,20H,1-2,4,6-12,14-17H2,(H,22,23). The van der Waals surface area contributed by atoms with Gasteiger partial charge < -0.3 is 24.1 Å². The molecule has 2 unspecified atom stereocenters. The van der Waals surface area contributed by atoms with Crippen LogP contribution >= 0.6 is 0 Å². The molecule has 0 aliphatic carbocycles. The van der Waals surface area contributed by atoms with Crippen molar-refractivity contribution in [3.8, 4) is 0 Å². The number of hydrogen-bond donors (Lipinski definition) is 1. The topological polar surface area (TPSA) is 62.5 Å². The maximum Gasteiger partial charge on any atom is 0.194 e. The first-order valence-corrected chi connectivity index (χ1v) is 10.9. The Labute approximate surface area is 168 Å². The van der Waals surface area contributed by atoms with Crippen molar-refractivity contribution < 1.29 is 13.9 Å². The van der Waals surface area contributed by atoms with Crippen LogP contribution < -0.4 is 5.32 Å². The highest BCUT2D eigenvalue weighted by Crippen LogP contribution is 2.18. The van der Waals surface area contributed by atoms with E-state index in [9.17, 15) is 0 Å². The van der Waals surface area contributed by atoms with Crippen LogP contribution in [0.2, 0.25) is 0 Å². The summed E-state index contributed by atoms with van der Waals surface area (Å²) in [4.78, 5) is 9.96. The van der Waals surface area contributed by atoms with Crippen molar-refractivity contribution in [2.75, 3.05) is 59.1 Å². The number of nitrogens with zero attached hydrogens (tertiary/aromatic N) is 3. The summed E-state index contributed by atoms with van der Waals surface area (Å²) in [5, 5.41) is 3.58. The summed E-state index contributed by atoms with van der Waals surface area (Å²) in [7, 11) is 0. The van der Waals surface area contributed by atoms with E-state index in [-0.39, 0.29) is 6.10 Å². The first-order valence-electron chi connectivity index (χ1n) is 10.9. The van der Waals surface area contributed by atoms with Gasteiger partial charge in [-0.15, -0.1) is 0 Å². The highest BCUT2D eigenvalue weighted by atomic mass is 16.5. The number of nitrogens with one attached hydrogen (secondary N) is 1. The molecule has 3 fully saturated rings. The molecule has 7 heteroatoms.